The molecule has 1 rings (SSSR count). The first-order valence-corrected chi connectivity index (χ1v) is 12.2. The molecule has 166 valence electrons. The minimum atomic E-state index is -0.628. The summed E-state index contributed by atoms with van der Waals surface area (Å²) in [5.74, 6) is 0.0551. The minimum absolute atomic E-state index is 0.0551. The van der Waals surface area contributed by atoms with Gasteiger partial charge in [0.2, 0.25) is 5.91 Å². The van der Waals surface area contributed by atoms with Crippen molar-refractivity contribution in [2.24, 2.45) is 0 Å². The molecule has 0 aliphatic carbocycles. The van der Waals surface area contributed by atoms with E-state index in [-0.39, 0.29) is 5.91 Å². The molecular formula is C26H45NO2. The summed E-state index contributed by atoms with van der Waals surface area (Å²) in [7, 11) is 0. The van der Waals surface area contributed by atoms with Crippen LogP contribution in [0.2, 0.25) is 0 Å². The molecule has 0 fully saturated rings. The monoisotopic (exact) mass is 403 g/mol. The predicted octanol–water partition coefficient (Wildman–Crippen LogP) is 6.88. The van der Waals surface area contributed by atoms with E-state index in [1.54, 1.807) is 0 Å². The highest BCUT2D eigenvalue weighted by atomic mass is 16.3. The largest absolute Gasteiger partial charge is 0.387 e. The number of carbonyl (C=O) groups is 1. The van der Waals surface area contributed by atoms with Crippen LogP contribution >= 0.6 is 0 Å². The first kappa shape index (κ1) is 25.7. The Morgan fingerprint density at radius 1 is 0.793 bits per heavy atom. The van der Waals surface area contributed by atoms with Crippen molar-refractivity contribution in [2.45, 2.75) is 116 Å². The minimum Gasteiger partial charge on any atom is -0.387 e. The van der Waals surface area contributed by atoms with Crippen LogP contribution in [0.1, 0.15) is 121 Å². The zero-order valence-electron chi connectivity index (χ0n) is 19.1. The Morgan fingerprint density at radius 2 is 1.31 bits per heavy atom. The van der Waals surface area contributed by atoms with E-state index in [0.29, 0.717) is 13.0 Å². The lowest BCUT2D eigenvalue weighted by atomic mass is 10.0. The molecule has 0 aromatic heterocycles. The second-order valence-corrected chi connectivity index (χ2v) is 8.45. The van der Waals surface area contributed by atoms with E-state index < -0.39 is 6.10 Å². The third-order valence-electron chi connectivity index (χ3n) is 5.68. The number of hydrogen-bond donors (Lipinski definition) is 2. The van der Waals surface area contributed by atoms with E-state index in [9.17, 15) is 9.90 Å². The first-order chi connectivity index (χ1) is 14.2. The van der Waals surface area contributed by atoms with Gasteiger partial charge in [0.15, 0.2) is 0 Å². The summed E-state index contributed by atoms with van der Waals surface area (Å²) in [6.45, 7) is 4.75. The highest BCUT2D eigenvalue weighted by molar-refractivity contribution is 5.75. The fourth-order valence-electron chi connectivity index (χ4n) is 3.65. The number of aryl methyl sites for hydroxylation is 1. The van der Waals surface area contributed by atoms with Crippen molar-refractivity contribution in [3.05, 3.63) is 35.4 Å². The predicted molar refractivity (Wildman–Crippen MR) is 124 cm³/mol. The standard InChI is InChI=1S/C26H45NO2/c1-3-5-7-8-9-10-11-12-13-14-15-17-26(29)27-22-25(28)24-20-18-23(19-21-24)16-6-4-2/h18-21,25,28H,3-17,22H2,1-2H3,(H,27,29). The zero-order valence-corrected chi connectivity index (χ0v) is 19.1. The van der Waals surface area contributed by atoms with Gasteiger partial charge in [0.25, 0.3) is 0 Å². The molecule has 3 nitrogen and oxygen atoms in total. The van der Waals surface area contributed by atoms with E-state index in [4.69, 9.17) is 0 Å². The summed E-state index contributed by atoms with van der Waals surface area (Å²) >= 11 is 0. The molecular weight excluding hydrogens is 358 g/mol. The number of hydrogen-bond acceptors (Lipinski definition) is 2. The molecule has 1 atom stereocenters. The smallest absolute Gasteiger partial charge is 0.220 e. The summed E-state index contributed by atoms with van der Waals surface area (Å²) in [5.41, 5.74) is 2.18. The van der Waals surface area contributed by atoms with Gasteiger partial charge >= 0.3 is 0 Å². The van der Waals surface area contributed by atoms with Gasteiger partial charge in [-0.2, -0.15) is 0 Å². The van der Waals surface area contributed by atoms with Crippen LogP contribution in [-0.4, -0.2) is 17.6 Å². The Kier molecular flexibility index (Phi) is 15.5. The molecule has 3 heteroatoms. The summed E-state index contributed by atoms with van der Waals surface area (Å²) in [6, 6.07) is 8.12. The third-order valence-corrected chi connectivity index (χ3v) is 5.68. The molecule has 1 aromatic rings. The molecule has 0 heterocycles. The van der Waals surface area contributed by atoms with Gasteiger partial charge in [-0.25, -0.2) is 0 Å². The van der Waals surface area contributed by atoms with Crippen molar-refractivity contribution in [2.75, 3.05) is 6.54 Å². The number of amides is 1. The molecule has 1 unspecified atom stereocenters. The lowest BCUT2D eigenvalue weighted by Gasteiger charge is -2.13. The lowest BCUT2D eigenvalue weighted by molar-refractivity contribution is -0.121. The van der Waals surface area contributed by atoms with Crippen molar-refractivity contribution in [3.8, 4) is 0 Å². The molecule has 0 saturated heterocycles. The molecule has 0 radical (unpaired) electrons. The van der Waals surface area contributed by atoms with E-state index in [2.05, 4.69) is 31.3 Å². The molecule has 0 bridgehead atoms. The average molecular weight is 404 g/mol. The normalized spacial score (nSPS) is 12.1. The van der Waals surface area contributed by atoms with Crippen molar-refractivity contribution in [3.63, 3.8) is 0 Å². The topological polar surface area (TPSA) is 49.3 Å². The Morgan fingerprint density at radius 3 is 1.86 bits per heavy atom. The highest BCUT2D eigenvalue weighted by Gasteiger charge is 2.09. The number of aliphatic hydroxyl groups excluding tert-OH is 1. The first-order valence-electron chi connectivity index (χ1n) is 12.2. The number of unbranched alkanes of at least 4 members (excludes halogenated alkanes) is 11. The van der Waals surface area contributed by atoms with Crippen LogP contribution < -0.4 is 5.32 Å². The Bertz CT molecular complexity index is 512. The van der Waals surface area contributed by atoms with Crippen LogP contribution in [0.15, 0.2) is 24.3 Å². The molecule has 2 N–H and O–H groups in total. The van der Waals surface area contributed by atoms with Gasteiger partial charge in [0, 0.05) is 13.0 Å². The Labute approximate surface area is 179 Å². The van der Waals surface area contributed by atoms with Crippen molar-refractivity contribution in [1.29, 1.82) is 0 Å². The number of carbonyl (C=O) groups excluding carboxylic acids is 1. The van der Waals surface area contributed by atoms with Crippen LogP contribution in [0.5, 0.6) is 0 Å². The number of nitrogens with one attached hydrogen (secondary N) is 1. The van der Waals surface area contributed by atoms with Crippen LogP contribution in [-0.2, 0) is 11.2 Å². The van der Waals surface area contributed by atoms with Crippen molar-refractivity contribution >= 4 is 5.91 Å². The van der Waals surface area contributed by atoms with Crippen LogP contribution in [0.3, 0.4) is 0 Å². The van der Waals surface area contributed by atoms with E-state index >= 15 is 0 Å². The van der Waals surface area contributed by atoms with Gasteiger partial charge in [-0.1, -0.05) is 109 Å². The van der Waals surface area contributed by atoms with Crippen LogP contribution in [0.25, 0.3) is 0 Å². The molecule has 1 aromatic carbocycles. The lowest BCUT2D eigenvalue weighted by Crippen LogP contribution is -2.28. The molecule has 0 spiro atoms. The number of rotatable bonds is 18. The maximum Gasteiger partial charge on any atom is 0.220 e. The maximum atomic E-state index is 12.0. The SMILES string of the molecule is CCCCCCCCCCCCCC(=O)NCC(O)c1ccc(CCCC)cc1. The number of aliphatic hydroxyl groups is 1. The van der Waals surface area contributed by atoms with Gasteiger partial charge in [-0.15, -0.1) is 0 Å². The molecule has 0 aliphatic rings. The molecule has 29 heavy (non-hydrogen) atoms. The van der Waals surface area contributed by atoms with Crippen LogP contribution in [0, 0.1) is 0 Å². The van der Waals surface area contributed by atoms with Crippen molar-refractivity contribution < 1.29 is 9.90 Å². The number of benzene rings is 1. The average Bonchev–Trinajstić information content (AvgIpc) is 2.74. The fourth-order valence-corrected chi connectivity index (χ4v) is 3.65. The second kappa shape index (κ2) is 17.5. The van der Waals surface area contributed by atoms with Crippen molar-refractivity contribution in [1.82, 2.24) is 5.32 Å². The van der Waals surface area contributed by atoms with Gasteiger partial charge in [-0.3, -0.25) is 4.79 Å². The van der Waals surface area contributed by atoms with Gasteiger partial charge in [-0.05, 0) is 30.4 Å². The fraction of sp³-hybridized carbons (Fsp3) is 0.731. The van der Waals surface area contributed by atoms with Crippen LogP contribution in [0.4, 0.5) is 0 Å². The molecule has 0 aliphatic heterocycles. The van der Waals surface area contributed by atoms with E-state index in [1.165, 1.54) is 76.2 Å². The van der Waals surface area contributed by atoms with Gasteiger partial charge < -0.3 is 10.4 Å². The summed E-state index contributed by atoms with van der Waals surface area (Å²) in [4.78, 5) is 12.0. The summed E-state index contributed by atoms with van der Waals surface area (Å²) in [5, 5.41) is 13.2. The maximum absolute atomic E-state index is 12.0. The van der Waals surface area contributed by atoms with Gasteiger partial charge in [0.1, 0.15) is 0 Å². The molecule has 1 amide bonds. The quantitative estimate of drug-likeness (QED) is 0.262. The Hall–Kier alpha value is -1.35. The third kappa shape index (κ3) is 13.5. The highest BCUT2D eigenvalue weighted by Crippen LogP contribution is 2.15. The zero-order chi connectivity index (χ0) is 21.2. The second-order valence-electron chi connectivity index (χ2n) is 8.45. The Balaban J connectivity index is 2.02. The van der Waals surface area contributed by atoms with E-state index in [0.717, 1.165) is 24.8 Å². The summed E-state index contributed by atoms with van der Waals surface area (Å²) < 4.78 is 0. The summed E-state index contributed by atoms with van der Waals surface area (Å²) in [6.07, 6.45) is 17.6. The van der Waals surface area contributed by atoms with E-state index in [1.807, 2.05) is 12.1 Å². The van der Waals surface area contributed by atoms with Gasteiger partial charge in [0.05, 0.1) is 6.10 Å². The molecule has 0 saturated carbocycles.